The van der Waals surface area contributed by atoms with Crippen molar-refractivity contribution in [1.29, 1.82) is 0 Å². The lowest BCUT2D eigenvalue weighted by molar-refractivity contribution is 0.286. The van der Waals surface area contributed by atoms with Gasteiger partial charge in [0.25, 0.3) is 0 Å². The summed E-state index contributed by atoms with van der Waals surface area (Å²) in [6.07, 6.45) is 1.09. The molecule has 3 nitrogen and oxygen atoms in total. The highest BCUT2D eigenvalue weighted by atomic mass is 31.1. The number of hydrogen-bond acceptors (Lipinski definition) is 3. The Morgan fingerprint density at radius 3 is 2.40 bits per heavy atom. The van der Waals surface area contributed by atoms with Gasteiger partial charge in [-0.05, 0) is 6.92 Å². The third-order valence-corrected chi connectivity index (χ3v) is 1.19. The summed E-state index contributed by atoms with van der Waals surface area (Å²) in [6.45, 7) is 5.32. The predicted octanol–water partition coefficient (Wildman–Crippen LogP) is 1.08. The van der Waals surface area contributed by atoms with Gasteiger partial charge < -0.3 is 0 Å². The van der Waals surface area contributed by atoms with Crippen molar-refractivity contribution in [3.8, 4) is 0 Å². The summed E-state index contributed by atoms with van der Waals surface area (Å²) in [5, 5.41) is 0. The Kier molecular flexibility index (Phi) is 22.1. The van der Waals surface area contributed by atoms with Crippen LogP contribution in [-0.4, -0.2) is 52.7 Å². The van der Waals surface area contributed by atoms with E-state index in [0.29, 0.717) is 6.61 Å². The maximum Gasteiger partial charge on any atom is 0.749 e. The van der Waals surface area contributed by atoms with Crippen molar-refractivity contribution >= 4 is 54.4 Å². The molecule has 0 aliphatic heterocycles. The topological polar surface area (TPSA) is 35.5 Å². The van der Waals surface area contributed by atoms with Crippen LogP contribution in [-0.2, 0) is 13.6 Å². The van der Waals surface area contributed by atoms with Crippen molar-refractivity contribution in [3.05, 3.63) is 12.8 Å². The summed E-state index contributed by atoms with van der Waals surface area (Å²) in [4.78, 5) is 0. The van der Waals surface area contributed by atoms with E-state index in [0.717, 1.165) is 6.26 Å². The molecule has 0 aromatic rings. The molecule has 0 aliphatic rings. The molecule has 0 bridgehead atoms. The highest BCUT2D eigenvalue weighted by molar-refractivity contribution is 7.33. The van der Waals surface area contributed by atoms with Gasteiger partial charge in [-0.1, -0.05) is 6.58 Å². The standard InChI is InChI=1S/C4H8O3P.2Mg/c1-3-6-8(5)7-4-2;;/h3H,1,4H2,2H3;;/q+1;;. The van der Waals surface area contributed by atoms with Crippen LogP contribution < -0.4 is 0 Å². The summed E-state index contributed by atoms with van der Waals surface area (Å²) in [6, 6.07) is 0. The van der Waals surface area contributed by atoms with Crippen molar-refractivity contribution < 1.29 is 13.6 Å². The summed E-state index contributed by atoms with van der Waals surface area (Å²) in [5.41, 5.74) is 0. The van der Waals surface area contributed by atoms with Gasteiger partial charge in [0.05, 0.1) is 0 Å². The van der Waals surface area contributed by atoms with Crippen molar-refractivity contribution in [3.63, 3.8) is 0 Å². The van der Waals surface area contributed by atoms with Crippen molar-refractivity contribution in [2.45, 2.75) is 6.92 Å². The molecular formula is C4H8Mg2O3P+. The second-order valence-corrected chi connectivity index (χ2v) is 1.83. The molecule has 1 atom stereocenters. The van der Waals surface area contributed by atoms with Crippen LogP contribution in [0.25, 0.3) is 0 Å². The molecule has 6 heteroatoms. The van der Waals surface area contributed by atoms with Gasteiger partial charge in [0.15, 0.2) is 0 Å². The molecule has 0 saturated carbocycles. The van der Waals surface area contributed by atoms with E-state index in [-0.39, 0.29) is 46.1 Å². The largest absolute Gasteiger partial charge is 0.749 e. The molecule has 0 saturated heterocycles. The Morgan fingerprint density at radius 1 is 1.60 bits per heavy atom. The van der Waals surface area contributed by atoms with E-state index in [1.807, 2.05) is 0 Å². The molecule has 50 valence electrons. The zero-order chi connectivity index (χ0) is 6.41. The van der Waals surface area contributed by atoms with E-state index in [2.05, 4.69) is 15.6 Å². The molecule has 0 N–H and O–H groups in total. The van der Waals surface area contributed by atoms with Crippen LogP contribution >= 0.6 is 8.25 Å². The molecule has 0 aromatic carbocycles. The van der Waals surface area contributed by atoms with E-state index in [1.165, 1.54) is 0 Å². The Balaban J connectivity index is -0.000000245. The Morgan fingerprint density at radius 2 is 2.10 bits per heavy atom. The van der Waals surface area contributed by atoms with Gasteiger partial charge in [0.1, 0.15) is 12.9 Å². The average molecular weight is 184 g/mol. The number of rotatable bonds is 4. The van der Waals surface area contributed by atoms with Gasteiger partial charge in [-0.25, -0.2) is 4.52 Å². The zero-order valence-corrected chi connectivity index (χ0v) is 9.80. The third-order valence-electron chi connectivity index (χ3n) is 0.395. The van der Waals surface area contributed by atoms with Crippen molar-refractivity contribution in [1.82, 2.24) is 0 Å². The first kappa shape index (κ1) is 17.3. The molecule has 0 heterocycles. The first-order valence-electron chi connectivity index (χ1n) is 2.19. The lowest BCUT2D eigenvalue weighted by atomic mass is 10.9. The molecule has 0 rings (SSSR count). The summed E-state index contributed by atoms with van der Waals surface area (Å²) in [7, 11) is -1.95. The van der Waals surface area contributed by atoms with E-state index in [9.17, 15) is 4.57 Å². The van der Waals surface area contributed by atoms with Gasteiger partial charge in [0.2, 0.25) is 0 Å². The lowest BCUT2D eigenvalue weighted by Gasteiger charge is -1.76. The third kappa shape index (κ3) is 11.9. The van der Waals surface area contributed by atoms with Gasteiger partial charge in [0, 0.05) is 50.7 Å². The summed E-state index contributed by atoms with van der Waals surface area (Å²) >= 11 is 0. The quantitative estimate of drug-likeness (QED) is 0.372. The molecule has 0 spiro atoms. The van der Waals surface area contributed by atoms with Crippen LogP contribution in [0.5, 0.6) is 0 Å². The van der Waals surface area contributed by atoms with Gasteiger partial charge in [-0.2, -0.15) is 0 Å². The Hall–Kier alpha value is 1.13. The maximum atomic E-state index is 10.3. The van der Waals surface area contributed by atoms with Crippen LogP contribution in [0.4, 0.5) is 0 Å². The van der Waals surface area contributed by atoms with Crippen LogP contribution in [0.3, 0.4) is 0 Å². The molecular weight excluding hydrogens is 176 g/mol. The summed E-state index contributed by atoms with van der Waals surface area (Å²) in [5.74, 6) is 0. The van der Waals surface area contributed by atoms with Gasteiger partial charge >= 0.3 is 8.25 Å². The number of hydrogen-bond donors (Lipinski definition) is 0. The lowest BCUT2D eigenvalue weighted by Crippen LogP contribution is -1.76. The van der Waals surface area contributed by atoms with E-state index in [4.69, 9.17) is 0 Å². The Labute approximate surface area is 93.8 Å². The van der Waals surface area contributed by atoms with Crippen molar-refractivity contribution in [2.24, 2.45) is 0 Å². The van der Waals surface area contributed by atoms with Gasteiger partial charge in [-0.15, -0.1) is 4.52 Å². The molecule has 0 amide bonds. The summed E-state index contributed by atoms with van der Waals surface area (Å²) < 4.78 is 19.1. The molecule has 0 fully saturated rings. The predicted molar refractivity (Wildman–Crippen MR) is 42.0 cm³/mol. The van der Waals surface area contributed by atoms with Gasteiger partial charge in [-0.3, -0.25) is 0 Å². The van der Waals surface area contributed by atoms with Crippen LogP contribution in [0.2, 0.25) is 0 Å². The fraction of sp³-hybridized carbons (Fsp3) is 0.500. The second-order valence-electron chi connectivity index (χ2n) is 0.913. The fourth-order valence-corrected chi connectivity index (χ4v) is 0.590. The minimum absolute atomic E-state index is 0. The minimum atomic E-state index is -1.95. The van der Waals surface area contributed by atoms with Crippen molar-refractivity contribution in [2.75, 3.05) is 6.61 Å². The first-order valence-corrected chi connectivity index (χ1v) is 3.28. The Bertz CT molecular complexity index is 98.5. The van der Waals surface area contributed by atoms with Crippen LogP contribution in [0.15, 0.2) is 12.8 Å². The van der Waals surface area contributed by atoms with Crippen LogP contribution in [0.1, 0.15) is 6.92 Å². The van der Waals surface area contributed by atoms with E-state index < -0.39 is 8.25 Å². The molecule has 0 aromatic heterocycles. The normalized spacial score (nSPS) is 8.30. The van der Waals surface area contributed by atoms with E-state index in [1.54, 1.807) is 6.92 Å². The molecule has 4 radical (unpaired) electrons. The maximum absolute atomic E-state index is 10.3. The first-order chi connectivity index (χ1) is 3.81. The minimum Gasteiger partial charge on any atom is -0.238 e. The second kappa shape index (κ2) is 12.8. The molecule has 1 unspecified atom stereocenters. The smallest absolute Gasteiger partial charge is 0.238 e. The highest BCUT2D eigenvalue weighted by Gasteiger charge is 2.15. The molecule has 0 aliphatic carbocycles. The zero-order valence-electron chi connectivity index (χ0n) is 6.08. The highest BCUT2D eigenvalue weighted by Crippen LogP contribution is 2.22. The SMILES string of the molecule is C=CO[P+](=O)OCC.[Mg].[Mg]. The monoisotopic (exact) mass is 183 g/mol. The van der Waals surface area contributed by atoms with E-state index >= 15 is 0 Å². The fourth-order valence-electron chi connectivity index (χ4n) is 0.197. The average Bonchev–Trinajstić information content (AvgIpc) is 1.68. The van der Waals surface area contributed by atoms with Crippen LogP contribution in [0, 0.1) is 0 Å². The molecule has 10 heavy (non-hydrogen) atoms.